The van der Waals surface area contributed by atoms with Gasteiger partial charge >= 0.3 is 11.7 Å². The Hall–Kier alpha value is -4.18. The maximum atomic E-state index is 11.7. The van der Waals surface area contributed by atoms with Gasteiger partial charge in [-0.1, -0.05) is 42.1 Å². The van der Waals surface area contributed by atoms with Gasteiger partial charge in [-0.2, -0.15) is 0 Å². The van der Waals surface area contributed by atoms with E-state index in [1.54, 1.807) is 6.07 Å². The van der Waals surface area contributed by atoms with E-state index < -0.39 is 5.97 Å². The molecule has 0 radical (unpaired) electrons. The Kier molecular flexibility index (Phi) is 4.83. The van der Waals surface area contributed by atoms with E-state index in [2.05, 4.69) is 26.2 Å². The second-order valence-corrected chi connectivity index (χ2v) is 8.10. The van der Waals surface area contributed by atoms with Gasteiger partial charge in [0.2, 0.25) is 0 Å². The van der Waals surface area contributed by atoms with Gasteiger partial charge in [0.1, 0.15) is 0 Å². The number of aromatic amines is 2. The molecule has 2 heterocycles. The van der Waals surface area contributed by atoms with Gasteiger partial charge in [-0.15, -0.1) is 10.2 Å². The molecule has 5 rings (SSSR count). The van der Waals surface area contributed by atoms with Crippen molar-refractivity contribution in [1.29, 1.82) is 0 Å². The van der Waals surface area contributed by atoms with E-state index in [-0.39, 0.29) is 16.4 Å². The Morgan fingerprint density at radius 2 is 1.69 bits per heavy atom. The number of fused-ring (bicyclic) bond motifs is 3. The highest BCUT2D eigenvalue weighted by Crippen LogP contribution is 2.33. The highest BCUT2D eigenvalue weighted by Gasteiger charge is 2.19. The summed E-state index contributed by atoms with van der Waals surface area (Å²) in [5, 5.41) is 28.9. The number of carbonyl (C=O) groups is 1. The number of carboxylic acids is 1. The molecular weight excluding hydrogens is 430 g/mol. The number of H-pyrrole nitrogens is 2. The van der Waals surface area contributed by atoms with E-state index >= 15 is 0 Å². The lowest BCUT2D eigenvalue weighted by Crippen LogP contribution is -1.97. The van der Waals surface area contributed by atoms with Crippen LogP contribution in [0.4, 0.5) is 5.69 Å². The normalized spacial score (nSPS) is 11.2. The van der Waals surface area contributed by atoms with Gasteiger partial charge in [0.15, 0.2) is 11.0 Å². The second-order valence-electron chi connectivity index (χ2n) is 7.13. The van der Waals surface area contributed by atoms with Crippen molar-refractivity contribution in [1.82, 2.24) is 20.2 Å². The lowest BCUT2D eigenvalue weighted by atomic mass is 10.00. The van der Waals surface area contributed by atoms with Crippen molar-refractivity contribution in [3.63, 3.8) is 0 Å². The van der Waals surface area contributed by atoms with E-state index in [1.807, 2.05) is 42.5 Å². The third kappa shape index (κ3) is 3.67. The molecule has 0 aliphatic rings. The molecular formula is C22H16N5O4S+. The number of aromatic nitrogens is 4. The third-order valence-corrected chi connectivity index (χ3v) is 5.90. The molecule has 9 nitrogen and oxygen atoms in total. The van der Waals surface area contributed by atoms with Crippen molar-refractivity contribution in [2.45, 2.75) is 5.16 Å². The zero-order chi connectivity index (χ0) is 22.2. The van der Waals surface area contributed by atoms with E-state index in [4.69, 9.17) is 5.11 Å². The van der Waals surface area contributed by atoms with Gasteiger partial charge in [-0.05, 0) is 29.3 Å². The molecule has 0 spiro atoms. The van der Waals surface area contributed by atoms with E-state index in [0.717, 1.165) is 39.1 Å². The summed E-state index contributed by atoms with van der Waals surface area (Å²) >= 11 is 1.00. The first-order chi connectivity index (χ1) is 15.5. The van der Waals surface area contributed by atoms with E-state index in [0.29, 0.717) is 22.1 Å². The lowest BCUT2D eigenvalue weighted by Gasteiger charge is -2.04. The number of nitrogens with one attached hydrogen (secondary N) is 2. The summed E-state index contributed by atoms with van der Waals surface area (Å²) in [4.78, 5) is 28.6. The Morgan fingerprint density at radius 1 is 0.906 bits per heavy atom. The molecule has 0 saturated carbocycles. The lowest BCUT2D eigenvalue weighted by molar-refractivity contribution is -0.729. The van der Waals surface area contributed by atoms with Crippen LogP contribution in [-0.2, 0) is 4.79 Å². The predicted octanol–water partition coefficient (Wildman–Crippen LogP) is 4.75. The minimum atomic E-state index is -0.966. The number of aliphatic carboxylic acids is 1. The topological polar surface area (TPSA) is 135 Å². The van der Waals surface area contributed by atoms with Crippen LogP contribution in [0.2, 0.25) is 0 Å². The number of hydrogen-bond donors (Lipinski definition) is 4. The van der Waals surface area contributed by atoms with Crippen LogP contribution in [-0.4, -0.2) is 47.1 Å². The summed E-state index contributed by atoms with van der Waals surface area (Å²) in [6.07, 6.45) is 0. The molecule has 0 saturated heterocycles. The molecule has 0 aliphatic carbocycles. The standard InChI is InChI=1S/C22H15N5O4S/c28-20(29)11-32-22-24-21(25-26-22)14-7-13(8-15(9-14)27(30)31)12-5-6-17-16-3-1-2-4-18(16)23-19(17)10-12/h1-10,23H,11H2,(H2-,24,25,26,28,29,30,31)/p+1. The Labute approximate surface area is 184 Å². The fraction of sp³-hybridized carbons (Fsp3) is 0.0455. The average molecular weight is 446 g/mol. The van der Waals surface area contributed by atoms with Crippen LogP contribution in [0.25, 0.3) is 44.3 Å². The average Bonchev–Trinajstić information content (AvgIpc) is 3.41. The van der Waals surface area contributed by atoms with Gasteiger partial charge in [0.25, 0.3) is 4.92 Å². The minimum absolute atomic E-state index is 0.0328. The number of benzene rings is 3. The van der Waals surface area contributed by atoms with Crippen molar-refractivity contribution in [3.05, 3.63) is 65.6 Å². The summed E-state index contributed by atoms with van der Waals surface area (Å²) in [6.45, 7) is 0. The van der Waals surface area contributed by atoms with Crippen molar-refractivity contribution >= 4 is 45.2 Å². The quantitative estimate of drug-likeness (QED) is 0.218. The van der Waals surface area contributed by atoms with Gasteiger partial charge < -0.3 is 15.1 Å². The Morgan fingerprint density at radius 3 is 2.50 bits per heavy atom. The number of nitrogens with zero attached hydrogens (tertiary/aromatic N) is 3. The SMILES string of the molecule is O=C(O)CSc1nnc(-c2cc(-c3ccc4c(c3)[nH]c3ccccc34)cc([N+](=O)O)c2)[nH]1. The van der Waals surface area contributed by atoms with Crippen LogP contribution in [0.3, 0.4) is 0 Å². The molecule has 32 heavy (non-hydrogen) atoms. The highest BCUT2D eigenvalue weighted by molar-refractivity contribution is 7.99. The summed E-state index contributed by atoms with van der Waals surface area (Å²) in [5.41, 5.74) is 4.08. The number of carboxylic acid groups (broad SMARTS) is 1. The molecule has 0 atom stereocenters. The molecule has 4 N–H and O–H groups in total. The smallest absolute Gasteiger partial charge is 0.317 e. The van der Waals surface area contributed by atoms with Gasteiger partial charge in [0, 0.05) is 39.5 Å². The highest BCUT2D eigenvalue weighted by atomic mass is 32.2. The maximum Gasteiger partial charge on any atom is 0.317 e. The molecule has 3 aromatic carbocycles. The van der Waals surface area contributed by atoms with Crippen LogP contribution < -0.4 is 0 Å². The largest absolute Gasteiger partial charge is 0.481 e. The second kappa shape index (κ2) is 7.82. The monoisotopic (exact) mass is 446 g/mol. The number of hydrogen-bond acceptors (Lipinski definition) is 5. The van der Waals surface area contributed by atoms with Crippen LogP contribution in [0, 0.1) is 4.91 Å². The van der Waals surface area contributed by atoms with Crippen LogP contribution in [0.15, 0.2) is 65.8 Å². The van der Waals surface area contributed by atoms with Crippen molar-refractivity contribution in [2.24, 2.45) is 0 Å². The Balaban J connectivity index is 1.58. The minimum Gasteiger partial charge on any atom is -0.481 e. The first-order valence-electron chi connectivity index (χ1n) is 9.57. The molecule has 0 bridgehead atoms. The molecule has 10 heteroatoms. The molecule has 0 unspecified atom stereocenters. The molecule has 5 aromatic rings. The number of thioether (sulfide) groups is 1. The molecule has 158 valence electrons. The maximum absolute atomic E-state index is 11.7. The fourth-order valence-corrected chi connectivity index (χ4v) is 4.16. The molecule has 0 amide bonds. The number of para-hydroxylation sites is 1. The van der Waals surface area contributed by atoms with Crippen LogP contribution in [0.5, 0.6) is 0 Å². The Bertz CT molecular complexity index is 1510. The predicted molar refractivity (Wildman–Crippen MR) is 120 cm³/mol. The van der Waals surface area contributed by atoms with E-state index in [9.17, 15) is 14.9 Å². The van der Waals surface area contributed by atoms with Crippen LogP contribution >= 0.6 is 11.8 Å². The van der Waals surface area contributed by atoms with E-state index in [1.165, 1.54) is 6.07 Å². The summed E-state index contributed by atoms with van der Waals surface area (Å²) in [7, 11) is 0. The van der Waals surface area contributed by atoms with Crippen LogP contribution in [0.1, 0.15) is 0 Å². The molecule has 0 aliphatic heterocycles. The van der Waals surface area contributed by atoms with Crippen molar-refractivity contribution in [2.75, 3.05) is 5.75 Å². The zero-order valence-corrected chi connectivity index (χ0v) is 17.3. The van der Waals surface area contributed by atoms with Gasteiger partial charge in [0.05, 0.1) is 10.7 Å². The summed E-state index contributed by atoms with van der Waals surface area (Å²) in [6, 6.07) is 18.9. The van der Waals surface area contributed by atoms with Gasteiger partial charge in [-0.3, -0.25) is 4.79 Å². The zero-order valence-electron chi connectivity index (χ0n) is 16.4. The molecule has 2 aromatic heterocycles. The summed E-state index contributed by atoms with van der Waals surface area (Å²) < 4.78 is 0. The fourth-order valence-electron chi connectivity index (χ4n) is 3.63. The van der Waals surface area contributed by atoms with Gasteiger partial charge in [-0.25, -0.2) is 5.21 Å². The van der Waals surface area contributed by atoms with Crippen molar-refractivity contribution in [3.8, 4) is 22.5 Å². The molecule has 0 fully saturated rings. The number of rotatable bonds is 6. The first kappa shape index (κ1) is 19.8. The summed E-state index contributed by atoms with van der Waals surface area (Å²) in [5.74, 6) is -0.767. The first-order valence-corrected chi connectivity index (χ1v) is 10.6. The third-order valence-electron chi connectivity index (χ3n) is 5.05. The van der Waals surface area contributed by atoms with Crippen molar-refractivity contribution < 1.29 is 20.0 Å².